The largest absolute Gasteiger partial charge is 0.389 e. The SMILES string of the molecule is CC.CC(C)(O)CNc1cc(N2CCNCC2)cc(Nc2cnc(C3CC3)cn2)n1. The molecule has 4 rings (SSSR count). The highest BCUT2D eigenvalue weighted by Gasteiger charge is 2.25. The maximum Gasteiger partial charge on any atom is 0.150 e. The Balaban J connectivity index is 0.00000124. The van der Waals surface area contributed by atoms with Gasteiger partial charge in [0, 0.05) is 56.5 Å². The smallest absolute Gasteiger partial charge is 0.150 e. The minimum Gasteiger partial charge on any atom is -0.389 e. The zero-order valence-electron chi connectivity index (χ0n) is 18.6. The van der Waals surface area contributed by atoms with E-state index >= 15 is 0 Å². The summed E-state index contributed by atoms with van der Waals surface area (Å²) in [6.07, 6.45) is 6.06. The molecule has 1 saturated carbocycles. The van der Waals surface area contributed by atoms with E-state index in [1.165, 1.54) is 12.8 Å². The van der Waals surface area contributed by atoms with Gasteiger partial charge in [-0.2, -0.15) is 0 Å². The molecule has 1 saturated heterocycles. The van der Waals surface area contributed by atoms with E-state index in [1.807, 2.05) is 32.2 Å². The molecule has 2 aliphatic rings. The molecular formula is C22H35N7O. The van der Waals surface area contributed by atoms with Crippen molar-refractivity contribution in [3.05, 3.63) is 30.2 Å². The molecule has 2 aromatic heterocycles. The molecule has 1 aliphatic heterocycles. The average molecular weight is 414 g/mol. The van der Waals surface area contributed by atoms with Crippen LogP contribution in [0.25, 0.3) is 0 Å². The standard InChI is InChI=1S/C20H29N7O.C2H6/c1-20(2,28)13-24-17-9-15(27-7-5-21-6-8-27)10-18(25-17)26-19-12-22-16(11-23-19)14-3-4-14;1-2/h9-12,14,21,28H,3-8,13H2,1-2H3,(H2,23,24,25,26);1-2H3. The number of nitrogens with one attached hydrogen (secondary N) is 3. The lowest BCUT2D eigenvalue weighted by molar-refractivity contribution is 0.0944. The molecule has 0 aromatic carbocycles. The van der Waals surface area contributed by atoms with Gasteiger partial charge in [-0.25, -0.2) is 9.97 Å². The molecule has 2 aromatic rings. The quantitative estimate of drug-likeness (QED) is 0.550. The van der Waals surface area contributed by atoms with Crippen LogP contribution in [0.5, 0.6) is 0 Å². The summed E-state index contributed by atoms with van der Waals surface area (Å²) in [6.45, 7) is 11.8. The highest BCUT2D eigenvalue weighted by atomic mass is 16.3. The van der Waals surface area contributed by atoms with Crippen molar-refractivity contribution in [2.75, 3.05) is 48.3 Å². The number of aliphatic hydroxyl groups is 1. The zero-order chi connectivity index (χ0) is 21.6. The van der Waals surface area contributed by atoms with E-state index in [2.05, 4.69) is 35.8 Å². The van der Waals surface area contributed by atoms with E-state index in [4.69, 9.17) is 0 Å². The third kappa shape index (κ3) is 6.53. The maximum absolute atomic E-state index is 10.0. The van der Waals surface area contributed by atoms with Gasteiger partial charge >= 0.3 is 0 Å². The zero-order valence-corrected chi connectivity index (χ0v) is 18.6. The van der Waals surface area contributed by atoms with Crippen molar-refractivity contribution in [1.82, 2.24) is 20.3 Å². The molecular weight excluding hydrogens is 378 g/mol. The van der Waals surface area contributed by atoms with E-state index in [9.17, 15) is 5.11 Å². The Bertz CT molecular complexity index is 794. The number of hydrogen-bond acceptors (Lipinski definition) is 8. The number of nitrogens with zero attached hydrogens (tertiary/aromatic N) is 4. The summed E-state index contributed by atoms with van der Waals surface area (Å²) < 4.78 is 0. The molecule has 164 valence electrons. The Hall–Kier alpha value is -2.45. The molecule has 8 nitrogen and oxygen atoms in total. The van der Waals surface area contributed by atoms with Gasteiger partial charge in [0.15, 0.2) is 0 Å². The molecule has 0 atom stereocenters. The first-order chi connectivity index (χ1) is 14.5. The van der Waals surface area contributed by atoms with Crippen LogP contribution in [0.2, 0.25) is 0 Å². The van der Waals surface area contributed by atoms with Crippen LogP contribution in [-0.2, 0) is 0 Å². The third-order valence-corrected chi connectivity index (χ3v) is 4.92. The lowest BCUT2D eigenvalue weighted by atomic mass is 10.1. The Morgan fingerprint density at radius 1 is 1.07 bits per heavy atom. The van der Waals surface area contributed by atoms with E-state index < -0.39 is 5.60 Å². The third-order valence-electron chi connectivity index (χ3n) is 4.92. The van der Waals surface area contributed by atoms with E-state index in [0.717, 1.165) is 43.4 Å². The lowest BCUT2D eigenvalue weighted by Gasteiger charge is -2.30. The Morgan fingerprint density at radius 2 is 1.77 bits per heavy atom. The molecule has 30 heavy (non-hydrogen) atoms. The number of aromatic nitrogens is 3. The van der Waals surface area contributed by atoms with Crippen LogP contribution in [0.4, 0.5) is 23.1 Å². The van der Waals surface area contributed by atoms with Gasteiger partial charge in [-0.3, -0.25) is 4.98 Å². The van der Waals surface area contributed by atoms with Crippen molar-refractivity contribution in [1.29, 1.82) is 0 Å². The predicted octanol–water partition coefficient (Wildman–Crippen LogP) is 3.11. The number of anilines is 4. The Morgan fingerprint density at radius 3 is 2.37 bits per heavy atom. The minimum atomic E-state index is -0.815. The normalized spacial score (nSPS) is 16.5. The van der Waals surface area contributed by atoms with Gasteiger partial charge in [0.05, 0.1) is 23.7 Å². The molecule has 0 spiro atoms. The van der Waals surface area contributed by atoms with Crippen molar-refractivity contribution in [3.63, 3.8) is 0 Å². The minimum absolute atomic E-state index is 0.417. The fraction of sp³-hybridized carbons (Fsp3) is 0.591. The fourth-order valence-electron chi connectivity index (χ4n) is 3.21. The first-order valence-corrected chi connectivity index (χ1v) is 11.0. The second-order valence-electron chi connectivity index (χ2n) is 8.22. The second-order valence-corrected chi connectivity index (χ2v) is 8.22. The first kappa shape index (κ1) is 22.2. The topological polar surface area (TPSA) is 98.2 Å². The average Bonchev–Trinajstić information content (AvgIpc) is 3.60. The van der Waals surface area contributed by atoms with Crippen LogP contribution in [0, 0.1) is 0 Å². The highest BCUT2D eigenvalue weighted by molar-refractivity contribution is 5.65. The first-order valence-electron chi connectivity index (χ1n) is 11.0. The van der Waals surface area contributed by atoms with Crippen LogP contribution in [-0.4, -0.2) is 58.4 Å². The molecule has 3 heterocycles. The van der Waals surface area contributed by atoms with Crippen molar-refractivity contribution < 1.29 is 5.11 Å². The van der Waals surface area contributed by atoms with Crippen LogP contribution < -0.4 is 20.9 Å². The van der Waals surface area contributed by atoms with E-state index in [-0.39, 0.29) is 0 Å². The number of piperazine rings is 1. The van der Waals surface area contributed by atoms with Crippen LogP contribution in [0.15, 0.2) is 24.5 Å². The summed E-state index contributed by atoms with van der Waals surface area (Å²) in [4.78, 5) is 16.0. The summed E-state index contributed by atoms with van der Waals surface area (Å²) in [7, 11) is 0. The Labute approximate surface area is 179 Å². The fourth-order valence-corrected chi connectivity index (χ4v) is 3.21. The summed E-state index contributed by atoms with van der Waals surface area (Å²) in [5.41, 5.74) is 1.35. The molecule has 2 fully saturated rings. The number of rotatable bonds is 7. The van der Waals surface area contributed by atoms with Gasteiger partial charge in [0.2, 0.25) is 0 Å². The molecule has 0 radical (unpaired) electrons. The number of pyridine rings is 1. The predicted molar refractivity (Wildman–Crippen MR) is 123 cm³/mol. The van der Waals surface area contributed by atoms with Crippen molar-refractivity contribution in [3.8, 4) is 0 Å². The van der Waals surface area contributed by atoms with Crippen molar-refractivity contribution in [2.45, 2.75) is 52.1 Å². The Kier molecular flexibility index (Phi) is 7.44. The van der Waals surface area contributed by atoms with E-state index in [1.54, 1.807) is 20.0 Å². The summed E-state index contributed by atoms with van der Waals surface area (Å²) in [6, 6.07) is 4.07. The highest BCUT2D eigenvalue weighted by Crippen LogP contribution is 2.38. The van der Waals surface area contributed by atoms with Gasteiger partial charge in [-0.15, -0.1) is 0 Å². The number of hydrogen-bond donors (Lipinski definition) is 4. The van der Waals surface area contributed by atoms with Crippen molar-refractivity contribution in [2.24, 2.45) is 0 Å². The van der Waals surface area contributed by atoms with Gasteiger partial charge < -0.3 is 26.0 Å². The van der Waals surface area contributed by atoms with Crippen LogP contribution in [0.1, 0.15) is 52.1 Å². The molecule has 8 heteroatoms. The van der Waals surface area contributed by atoms with Gasteiger partial charge in [0.25, 0.3) is 0 Å². The van der Waals surface area contributed by atoms with Crippen molar-refractivity contribution >= 4 is 23.1 Å². The monoisotopic (exact) mass is 413 g/mol. The van der Waals surface area contributed by atoms with Gasteiger partial charge in [-0.1, -0.05) is 13.8 Å². The molecule has 0 bridgehead atoms. The molecule has 4 N–H and O–H groups in total. The second kappa shape index (κ2) is 10.0. The molecule has 1 aliphatic carbocycles. The summed E-state index contributed by atoms with van der Waals surface area (Å²) >= 11 is 0. The van der Waals surface area contributed by atoms with E-state index in [0.29, 0.717) is 24.1 Å². The van der Waals surface area contributed by atoms with Gasteiger partial charge in [-0.05, 0) is 26.7 Å². The molecule has 0 amide bonds. The molecule has 0 unspecified atom stereocenters. The maximum atomic E-state index is 10.0. The summed E-state index contributed by atoms with van der Waals surface area (Å²) in [5.74, 6) is 2.71. The summed E-state index contributed by atoms with van der Waals surface area (Å²) in [5, 5.41) is 19.9. The van der Waals surface area contributed by atoms with Gasteiger partial charge in [0.1, 0.15) is 17.5 Å². The lowest BCUT2D eigenvalue weighted by Crippen LogP contribution is -2.43. The van der Waals surface area contributed by atoms with Crippen LogP contribution in [0.3, 0.4) is 0 Å². The van der Waals surface area contributed by atoms with Crippen LogP contribution >= 0.6 is 0 Å².